The van der Waals surface area contributed by atoms with Crippen molar-refractivity contribution < 1.29 is 18.6 Å². The summed E-state index contributed by atoms with van der Waals surface area (Å²) in [5.41, 5.74) is 3.17. The number of hydrogen-bond acceptors (Lipinski definition) is 7. The summed E-state index contributed by atoms with van der Waals surface area (Å²) in [6.45, 7) is 5.02. The Hall–Kier alpha value is -2.67. The predicted molar refractivity (Wildman–Crippen MR) is 103 cm³/mol. The summed E-state index contributed by atoms with van der Waals surface area (Å²) >= 11 is 1.53. The SMILES string of the molecule is Cc1ccc(C)c(OCCCSc2nnc(-c3ccc4c(c3)OCO4)o2)c1. The van der Waals surface area contributed by atoms with Crippen LogP contribution in [0.3, 0.4) is 0 Å². The lowest BCUT2D eigenvalue weighted by atomic mass is 10.1. The van der Waals surface area contributed by atoms with Crippen LogP contribution in [0.2, 0.25) is 0 Å². The molecule has 0 saturated carbocycles. The van der Waals surface area contributed by atoms with E-state index in [1.807, 2.05) is 18.2 Å². The molecule has 140 valence electrons. The maximum Gasteiger partial charge on any atom is 0.276 e. The van der Waals surface area contributed by atoms with Gasteiger partial charge in [0.1, 0.15) is 5.75 Å². The molecule has 0 aliphatic carbocycles. The molecule has 0 spiro atoms. The van der Waals surface area contributed by atoms with Crippen LogP contribution in [-0.4, -0.2) is 29.4 Å². The third kappa shape index (κ3) is 4.19. The minimum atomic E-state index is 0.244. The highest BCUT2D eigenvalue weighted by Crippen LogP contribution is 2.36. The van der Waals surface area contributed by atoms with Crippen molar-refractivity contribution in [3.8, 4) is 28.7 Å². The zero-order valence-corrected chi connectivity index (χ0v) is 16.0. The van der Waals surface area contributed by atoms with Crippen LogP contribution in [0.25, 0.3) is 11.5 Å². The summed E-state index contributed by atoms with van der Waals surface area (Å²) in [5, 5.41) is 8.77. The predicted octanol–water partition coefficient (Wildman–Crippen LogP) is 4.64. The van der Waals surface area contributed by atoms with E-state index in [1.165, 1.54) is 17.3 Å². The van der Waals surface area contributed by atoms with Gasteiger partial charge in [-0.15, -0.1) is 10.2 Å². The molecule has 2 aromatic carbocycles. The fourth-order valence-corrected chi connectivity index (χ4v) is 3.35. The van der Waals surface area contributed by atoms with Crippen molar-refractivity contribution in [3.05, 3.63) is 47.5 Å². The number of aryl methyl sites for hydroxylation is 2. The van der Waals surface area contributed by atoms with Crippen LogP contribution in [-0.2, 0) is 0 Å². The lowest BCUT2D eigenvalue weighted by molar-refractivity contribution is 0.174. The minimum absolute atomic E-state index is 0.244. The van der Waals surface area contributed by atoms with E-state index >= 15 is 0 Å². The molecule has 0 atom stereocenters. The average Bonchev–Trinajstić information content (AvgIpc) is 3.32. The normalized spacial score (nSPS) is 12.4. The Kier molecular flexibility index (Phi) is 5.20. The number of benzene rings is 2. The van der Waals surface area contributed by atoms with Crippen molar-refractivity contribution in [1.82, 2.24) is 10.2 Å². The van der Waals surface area contributed by atoms with E-state index in [9.17, 15) is 0 Å². The fraction of sp³-hybridized carbons (Fsp3) is 0.300. The second-order valence-corrected chi connectivity index (χ2v) is 7.31. The van der Waals surface area contributed by atoms with E-state index in [-0.39, 0.29) is 6.79 Å². The van der Waals surface area contributed by atoms with Crippen molar-refractivity contribution in [3.63, 3.8) is 0 Å². The van der Waals surface area contributed by atoms with E-state index in [0.29, 0.717) is 23.5 Å². The van der Waals surface area contributed by atoms with E-state index in [0.717, 1.165) is 34.8 Å². The van der Waals surface area contributed by atoms with Gasteiger partial charge in [0, 0.05) is 11.3 Å². The van der Waals surface area contributed by atoms with Gasteiger partial charge in [-0.05, 0) is 55.7 Å². The molecule has 1 aromatic heterocycles. The molecule has 0 radical (unpaired) electrons. The van der Waals surface area contributed by atoms with Crippen LogP contribution in [0.5, 0.6) is 17.2 Å². The Labute approximate surface area is 161 Å². The number of hydrogen-bond donors (Lipinski definition) is 0. The molecule has 2 heterocycles. The van der Waals surface area contributed by atoms with Gasteiger partial charge in [-0.1, -0.05) is 23.9 Å². The molecule has 1 aliphatic rings. The van der Waals surface area contributed by atoms with E-state index < -0.39 is 0 Å². The van der Waals surface area contributed by atoms with Gasteiger partial charge in [-0.25, -0.2) is 0 Å². The maximum atomic E-state index is 5.87. The van der Waals surface area contributed by atoms with Gasteiger partial charge in [-0.2, -0.15) is 0 Å². The molecule has 0 fully saturated rings. The number of rotatable bonds is 7. The van der Waals surface area contributed by atoms with E-state index in [1.54, 1.807) is 0 Å². The van der Waals surface area contributed by atoms with Crippen LogP contribution in [0.1, 0.15) is 17.5 Å². The van der Waals surface area contributed by atoms with Gasteiger partial charge in [-0.3, -0.25) is 0 Å². The third-order valence-corrected chi connectivity index (χ3v) is 5.05. The first-order valence-corrected chi connectivity index (χ1v) is 9.74. The number of thioether (sulfide) groups is 1. The molecular weight excluding hydrogens is 364 g/mol. The highest BCUT2D eigenvalue weighted by molar-refractivity contribution is 7.99. The second kappa shape index (κ2) is 7.92. The summed E-state index contributed by atoms with van der Waals surface area (Å²) < 4.78 is 22.3. The van der Waals surface area contributed by atoms with Gasteiger partial charge >= 0.3 is 0 Å². The van der Waals surface area contributed by atoms with E-state index in [4.69, 9.17) is 18.6 Å². The summed E-state index contributed by atoms with van der Waals surface area (Å²) in [5.74, 6) is 3.69. The van der Waals surface area contributed by atoms with Crippen LogP contribution in [0.15, 0.2) is 46.0 Å². The van der Waals surface area contributed by atoms with Crippen molar-refractivity contribution >= 4 is 11.8 Å². The molecule has 4 rings (SSSR count). The van der Waals surface area contributed by atoms with Crippen molar-refractivity contribution in [2.75, 3.05) is 19.2 Å². The van der Waals surface area contributed by atoms with E-state index in [2.05, 4.69) is 42.2 Å². The van der Waals surface area contributed by atoms with Crippen LogP contribution in [0.4, 0.5) is 0 Å². The standard InChI is InChI=1S/C20H20N2O4S/c1-13-4-5-14(2)17(10-13)23-8-3-9-27-20-22-21-19(26-20)15-6-7-16-18(11-15)25-12-24-16/h4-7,10-11H,3,8-9,12H2,1-2H3. The average molecular weight is 384 g/mol. The van der Waals surface area contributed by atoms with Crippen LogP contribution >= 0.6 is 11.8 Å². The number of aromatic nitrogens is 2. The third-order valence-electron chi connectivity index (χ3n) is 4.14. The van der Waals surface area contributed by atoms with Crippen molar-refractivity contribution in [2.45, 2.75) is 25.5 Å². The molecule has 0 bridgehead atoms. The second-order valence-electron chi connectivity index (χ2n) is 6.26. The van der Waals surface area contributed by atoms with Gasteiger partial charge in [0.2, 0.25) is 12.7 Å². The number of fused-ring (bicyclic) bond motifs is 1. The molecule has 6 nitrogen and oxygen atoms in total. The van der Waals surface area contributed by atoms with Gasteiger partial charge in [0.05, 0.1) is 6.61 Å². The van der Waals surface area contributed by atoms with Crippen molar-refractivity contribution in [2.24, 2.45) is 0 Å². The summed E-state index contributed by atoms with van der Waals surface area (Å²) in [6, 6.07) is 11.8. The minimum Gasteiger partial charge on any atom is -0.493 e. The summed E-state index contributed by atoms with van der Waals surface area (Å²) in [4.78, 5) is 0. The van der Waals surface area contributed by atoms with Gasteiger partial charge in [0.25, 0.3) is 5.22 Å². The topological polar surface area (TPSA) is 66.6 Å². The first kappa shape index (κ1) is 17.7. The summed E-state index contributed by atoms with van der Waals surface area (Å²) in [7, 11) is 0. The largest absolute Gasteiger partial charge is 0.493 e. The maximum absolute atomic E-state index is 5.87. The van der Waals surface area contributed by atoms with Gasteiger partial charge in [0.15, 0.2) is 11.5 Å². The Balaban J connectivity index is 1.27. The fourth-order valence-electron chi connectivity index (χ4n) is 2.68. The zero-order valence-electron chi connectivity index (χ0n) is 15.2. The molecule has 1 aliphatic heterocycles. The smallest absolute Gasteiger partial charge is 0.276 e. The lowest BCUT2D eigenvalue weighted by Gasteiger charge is -2.09. The molecule has 3 aromatic rings. The number of ether oxygens (including phenoxy) is 3. The quantitative estimate of drug-likeness (QED) is 0.434. The molecule has 0 unspecified atom stereocenters. The molecule has 0 amide bonds. The van der Waals surface area contributed by atoms with Crippen LogP contribution in [0, 0.1) is 13.8 Å². The van der Waals surface area contributed by atoms with Crippen molar-refractivity contribution in [1.29, 1.82) is 0 Å². The Morgan fingerprint density at radius 3 is 2.85 bits per heavy atom. The van der Waals surface area contributed by atoms with Gasteiger partial charge < -0.3 is 18.6 Å². The molecule has 0 N–H and O–H groups in total. The Bertz CT molecular complexity index is 941. The number of nitrogens with zero attached hydrogens (tertiary/aromatic N) is 2. The molecule has 7 heteroatoms. The highest BCUT2D eigenvalue weighted by Gasteiger charge is 2.16. The molecule has 27 heavy (non-hydrogen) atoms. The molecule has 0 saturated heterocycles. The Morgan fingerprint density at radius 2 is 1.93 bits per heavy atom. The van der Waals surface area contributed by atoms with Crippen LogP contribution < -0.4 is 14.2 Å². The summed E-state index contributed by atoms with van der Waals surface area (Å²) in [6.07, 6.45) is 0.889. The zero-order chi connectivity index (χ0) is 18.6. The first-order chi connectivity index (χ1) is 13.2. The first-order valence-electron chi connectivity index (χ1n) is 8.75. The lowest BCUT2D eigenvalue weighted by Crippen LogP contribution is -2.00. The molecular formula is C20H20N2O4S. The monoisotopic (exact) mass is 384 g/mol. The highest BCUT2D eigenvalue weighted by atomic mass is 32.2. The Morgan fingerprint density at radius 1 is 1.04 bits per heavy atom.